The Morgan fingerprint density at radius 3 is 1.87 bits per heavy atom. The zero-order valence-corrected chi connectivity index (χ0v) is 26.3. The lowest BCUT2D eigenvalue weighted by molar-refractivity contribution is 0.723. The van der Waals surface area contributed by atoms with Crippen LogP contribution in [0.15, 0.2) is 164 Å². The molecule has 3 heteroatoms. The summed E-state index contributed by atoms with van der Waals surface area (Å²) in [6.07, 6.45) is 7.94. The lowest BCUT2D eigenvalue weighted by Gasteiger charge is -2.35. The van der Waals surface area contributed by atoms with E-state index in [9.17, 15) is 0 Å². The van der Waals surface area contributed by atoms with E-state index in [0.29, 0.717) is 5.92 Å². The molecule has 2 aromatic heterocycles. The third-order valence-electron chi connectivity index (χ3n) is 9.41. The molecule has 1 atom stereocenters. The second-order valence-corrected chi connectivity index (χ2v) is 15.8. The van der Waals surface area contributed by atoms with Crippen molar-refractivity contribution in [3.05, 3.63) is 175 Å². The fourth-order valence-electron chi connectivity index (χ4n) is 7.45. The van der Waals surface area contributed by atoms with Gasteiger partial charge in [0.2, 0.25) is 0 Å². The smallest absolute Gasteiger partial charge is 0.181 e. The third-order valence-corrected chi connectivity index (χ3v) is 14.2. The van der Waals surface area contributed by atoms with Gasteiger partial charge in [0.05, 0.1) is 11.2 Å². The molecule has 0 aliphatic heterocycles. The highest BCUT2D eigenvalue weighted by atomic mass is 28.3. The third kappa shape index (κ3) is 4.42. The van der Waals surface area contributed by atoms with Crippen LogP contribution < -0.4 is 20.7 Å². The van der Waals surface area contributed by atoms with Crippen LogP contribution in [0, 0.1) is 0 Å². The van der Waals surface area contributed by atoms with E-state index in [0.717, 1.165) is 17.7 Å². The van der Waals surface area contributed by atoms with Gasteiger partial charge in [0.1, 0.15) is 0 Å². The number of fused-ring (bicyclic) bond motifs is 3. The zero-order chi connectivity index (χ0) is 30.2. The molecule has 8 rings (SSSR count). The molecule has 2 nitrogen and oxygen atoms in total. The van der Waals surface area contributed by atoms with E-state index in [-0.39, 0.29) is 0 Å². The summed E-state index contributed by atoms with van der Waals surface area (Å²) >= 11 is 0. The number of nitrogens with zero attached hydrogens (tertiary/aromatic N) is 2. The summed E-state index contributed by atoms with van der Waals surface area (Å²) in [6.45, 7) is 2.37. The number of para-hydroxylation sites is 1. The lowest BCUT2D eigenvalue weighted by Crippen LogP contribution is -2.75. The van der Waals surface area contributed by atoms with Gasteiger partial charge in [-0.15, -0.1) is 0 Å². The highest BCUT2D eigenvalue weighted by molar-refractivity contribution is 7.20. The molecule has 0 spiro atoms. The Balaban J connectivity index is 1.51. The minimum absolute atomic E-state index is 0.404. The first kappa shape index (κ1) is 27.3. The van der Waals surface area contributed by atoms with Crippen molar-refractivity contribution in [3.8, 4) is 16.9 Å². The number of benzene rings is 5. The molecule has 216 valence electrons. The molecule has 45 heavy (non-hydrogen) atoms. The van der Waals surface area contributed by atoms with Gasteiger partial charge in [0.25, 0.3) is 0 Å². The number of hydrogen-bond donors (Lipinski definition) is 0. The van der Waals surface area contributed by atoms with Crippen molar-refractivity contribution in [3.63, 3.8) is 0 Å². The number of hydrogen-bond acceptors (Lipinski definition) is 1. The maximum absolute atomic E-state index is 5.14. The van der Waals surface area contributed by atoms with Crippen molar-refractivity contribution in [1.29, 1.82) is 0 Å². The van der Waals surface area contributed by atoms with E-state index in [4.69, 9.17) is 4.98 Å². The van der Waals surface area contributed by atoms with Gasteiger partial charge in [0.15, 0.2) is 8.07 Å². The molecule has 2 heterocycles. The van der Waals surface area contributed by atoms with Crippen LogP contribution in [0.3, 0.4) is 0 Å². The maximum Gasteiger partial charge on any atom is 0.181 e. The van der Waals surface area contributed by atoms with Crippen LogP contribution in [0.25, 0.3) is 33.9 Å². The first-order valence-electron chi connectivity index (χ1n) is 15.8. The van der Waals surface area contributed by atoms with Gasteiger partial charge in [-0.1, -0.05) is 146 Å². The summed E-state index contributed by atoms with van der Waals surface area (Å²) in [7, 11) is -2.87. The van der Waals surface area contributed by atoms with E-state index < -0.39 is 8.07 Å². The van der Waals surface area contributed by atoms with Crippen molar-refractivity contribution in [2.75, 3.05) is 0 Å². The minimum atomic E-state index is -2.87. The Labute approximate surface area is 266 Å². The van der Waals surface area contributed by atoms with Gasteiger partial charge in [0, 0.05) is 40.0 Å². The van der Waals surface area contributed by atoms with Gasteiger partial charge < -0.3 is 4.57 Å². The molecule has 0 fully saturated rings. The average molecular weight is 595 g/mol. The topological polar surface area (TPSA) is 17.8 Å². The van der Waals surface area contributed by atoms with Gasteiger partial charge in [-0.2, -0.15) is 0 Å². The van der Waals surface area contributed by atoms with E-state index in [2.05, 4.69) is 181 Å². The summed E-state index contributed by atoms with van der Waals surface area (Å²) < 4.78 is 2.52. The normalized spacial score (nSPS) is 14.4. The monoisotopic (exact) mass is 594 g/mol. The number of rotatable bonds is 6. The number of allylic oxidation sites excluding steroid dienone is 1. The van der Waals surface area contributed by atoms with Gasteiger partial charge in [-0.3, -0.25) is 4.98 Å². The molecular weight excluding hydrogens is 561 g/mol. The maximum atomic E-state index is 5.14. The van der Waals surface area contributed by atoms with E-state index >= 15 is 0 Å². The molecule has 5 aromatic carbocycles. The molecule has 0 bridgehead atoms. The Morgan fingerprint density at radius 1 is 0.622 bits per heavy atom. The first-order chi connectivity index (χ1) is 22.3. The second kappa shape index (κ2) is 11.3. The summed E-state index contributed by atoms with van der Waals surface area (Å²) in [5, 5.41) is 6.74. The van der Waals surface area contributed by atoms with Crippen LogP contribution >= 0.6 is 0 Å². The van der Waals surface area contributed by atoms with E-state index in [1.807, 2.05) is 0 Å². The van der Waals surface area contributed by atoms with Crippen molar-refractivity contribution < 1.29 is 0 Å². The fourth-order valence-corrected chi connectivity index (χ4v) is 12.3. The van der Waals surface area contributed by atoms with E-state index in [1.54, 1.807) is 0 Å². The molecule has 0 saturated heterocycles. The Kier molecular flexibility index (Phi) is 6.89. The summed E-state index contributed by atoms with van der Waals surface area (Å²) in [5.41, 5.74) is 7.34. The predicted molar refractivity (Wildman–Crippen MR) is 192 cm³/mol. The summed E-state index contributed by atoms with van der Waals surface area (Å²) in [5.74, 6) is 0.404. The Bertz CT molecular complexity index is 2080. The molecule has 7 aromatic rings. The highest BCUT2D eigenvalue weighted by Crippen LogP contribution is 2.39. The fraction of sp³-hybridized carbons (Fsp3) is 0.0714. The lowest BCUT2D eigenvalue weighted by atomic mass is 9.93. The van der Waals surface area contributed by atoms with Crippen molar-refractivity contribution >= 4 is 45.8 Å². The summed E-state index contributed by atoms with van der Waals surface area (Å²) in [4.78, 5) is 5.14. The first-order valence-corrected chi connectivity index (χ1v) is 17.8. The molecule has 0 saturated carbocycles. The summed E-state index contributed by atoms with van der Waals surface area (Å²) in [6, 6.07) is 55.3. The predicted octanol–water partition coefficient (Wildman–Crippen LogP) is 7.59. The molecule has 1 aliphatic carbocycles. The highest BCUT2D eigenvalue weighted by Gasteiger charge is 2.44. The van der Waals surface area contributed by atoms with Crippen molar-refractivity contribution in [1.82, 2.24) is 9.55 Å². The van der Waals surface area contributed by atoms with Crippen LogP contribution in [-0.2, 0) is 0 Å². The zero-order valence-electron chi connectivity index (χ0n) is 25.3. The van der Waals surface area contributed by atoms with Crippen molar-refractivity contribution in [2.24, 2.45) is 0 Å². The standard InChI is InChI=1S/C42H34N2Si/c1-31-16-14-25-37-41-39(44(42(31)37)33-19-8-3-9-20-33)26-15-27-40(41)45(34-21-10-4-11-22-34,35-23-12-5-13-24-35)36-28-29-38(43-30-36)32-17-6-2-7-18-32/h2-15,17-31H,16H2,1H3/t31-/m1/s1. The Hall–Kier alpha value is -5.25. The van der Waals surface area contributed by atoms with Crippen LogP contribution in [0.2, 0.25) is 0 Å². The molecule has 0 amide bonds. The average Bonchev–Trinajstić information content (AvgIpc) is 3.47. The van der Waals surface area contributed by atoms with Gasteiger partial charge in [-0.25, -0.2) is 0 Å². The second-order valence-electron chi connectivity index (χ2n) is 12.0. The number of aromatic nitrogens is 2. The van der Waals surface area contributed by atoms with E-state index in [1.165, 1.54) is 48.6 Å². The molecule has 0 N–H and O–H groups in total. The minimum Gasteiger partial charge on any atom is -0.313 e. The van der Waals surface area contributed by atoms with Gasteiger partial charge in [-0.05, 0) is 51.4 Å². The SMILES string of the molecule is C[C@@H]1CC=Cc2c1n(-c1ccccc1)c1cccc([Si](c3ccccc3)(c3ccccc3)c3ccc(-c4ccccc4)nc3)c21. The molecule has 0 unspecified atom stereocenters. The van der Waals surface area contributed by atoms with Crippen LogP contribution in [0.1, 0.15) is 30.5 Å². The Morgan fingerprint density at radius 2 is 1.24 bits per heavy atom. The molecule has 1 aliphatic rings. The molecular formula is C42H34N2Si. The van der Waals surface area contributed by atoms with Crippen LogP contribution in [0.4, 0.5) is 0 Å². The van der Waals surface area contributed by atoms with Gasteiger partial charge >= 0.3 is 0 Å². The van der Waals surface area contributed by atoms with Crippen molar-refractivity contribution in [2.45, 2.75) is 19.3 Å². The van der Waals surface area contributed by atoms with Crippen LogP contribution in [-0.4, -0.2) is 17.6 Å². The quantitative estimate of drug-likeness (QED) is 0.143. The number of pyridine rings is 1. The molecule has 0 radical (unpaired) electrons. The van der Waals surface area contributed by atoms with Crippen LogP contribution in [0.5, 0.6) is 0 Å². The largest absolute Gasteiger partial charge is 0.313 e.